The van der Waals surface area contributed by atoms with Gasteiger partial charge in [0.2, 0.25) is 0 Å². The number of hydrogen-bond acceptors (Lipinski definition) is 2. The summed E-state index contributed by atoms with van der Waals surface area (Å²) in [6.07, 6.45) is 2.86. The average Bonchev–Trinajstić information content (AvgIpc) is 2.79. The normalized spacial score (nSPS) is 38.8. The number of fused-ring (bicyclic) bond motifs is 2. The maximum Gasteiger partial charge on any atom is 0.0216 e. The van der Waals surface area contributed by atoms with Crippen molar-refractivity contribution >= 4 is 11.3 Å². The van der Waals surface area contributed by atoms with E-state index >= 15 is 0 Å². The van der Waals surface area contributed by atoms with Crippen LogP contribution in [0.5, 0.6) is 0 Å². The maximum absolute atomic E-state index is 3.78. The molecule has 4 rings (SSSR count). The molecule has 94 valence electrons. The van der Waals surface area contributed by atoms with Crippen LogP contribution in [0.15, 0.2) is 16.8 Å². The van der Waals surface area contributed by atoms with Gasteiger partial charge in [-0.3, -0.25) is 0 Å². The van der Waals surface area contributed by atoms with Crippen molar-refractivity contribution in [1.29, 1.82) is 0 Å². The average molecular weight is 249 g/mol. The van der Waals surface area contributed by atoms with Crippen LogP contribution in [0.2, 0.25) is 0 Å². The number of nitrogens with one attached hydrogen (secondary N) is 1. The molecule has 0 radical (unpaired) electrons. The van der Waals surface area contributed by atoms with Gasteiger partial charge < -0.3 is 5.32 Å². The van der Waals surface area contributed by atoms with Gasteiger partial charge in [-0.15, -0.1) is 0 Å². The lowest BCUT2D eigenvalue weighted by atomic mass is 9.45. The minimum absolute atomic E-state index is 0.611. The van der Waals surface area contributed by atoms with Crippen molar-refractivity contribution in [3.8, 4) is 0 Å². The Morgan fingerprint density at radius 3 is 2.82 bits per heavy atom. The standard InChI is InChI=1S/C15H23NS/c1-10-13-6-12(15(13,2)3)7-14(10)16-8-11-4-5-17-9-11/h4-5,9-10,12-14,16H,6-8H2,1-3H3/t10-,12-,13-,14-/m1/s1. The summed E-state index contributed by atoms with van der Waals surface area (Å²) in [6, 6.07) is 2.97. The molecule has 0 saturated heterocycles. The van der Waals surface area contributed by atoms with Gasteiger partial charge in [0, 0.05) is 12.6 Å². The molecule has 1 heterocycles. The minimum Gasteiger partial charge on any atom is -0.310 e. The van der Waals surface area contributed by atoms with Gasteiger partial charge in [0.25, 0.3) is 0 Å². The highest BCUT2D eigenvalue weighted by molar-refractivity contribution is 7.07. The molecule has 0 unspecified atom stereocenters. The van der Waals surface area contributed by atoms with Crippen molar-refractivity contribution in [2.45, 2.75) is 46.2 Å². The van der Waals surface area contributed by atoms with E-state index in [1.165, 1.54) is 18.4 Å². The predicted molar refractivity (Wildman–Crippen MR) is 74.1 cm³/mol. The molecule has 3 fully saturated rings. The maximum atomic E-state index is 3.78. The Labute approximate surface area is 109 Å². The van der Waals surface area contributed by atoms with Crippen LogP contribution in [0.25, 0.3) is 0 Å². The van der Waals surface area contributed by atoms with Gasteiger partial charge in [-0.2, -0.15) is 11.3 Å². The highest BCUT2D eigenvalue weighted by Crippen LogP contribution is 2.61. The molecular weight excluding hydrogens is 226 g/mol. The SMILES string of the molecule is C[C@@H]1[C@H]2C[C@H](C[C@H]1NCc1ccsc1)C2(C)C. The van der Waals surface area contributed by atoms with Crippen molar-refractivity contribution in [3.63, 3.8) is 0 Å². The second-order valence-electron chi connectivity index (χ2n) is 6.57. The van der Waals surface area contributed by atoms with Crippen molar-refractivity contribution in [2.75, 3.05) is 0 Å². The Bertz CT molecular complexity index is 382. The summed E-state index contributed by atoms with van der Waals surface area (Å²) < 4.78 is 0. The van der Waals surface area contributed by atoms with Crippen LogP contribution in [-0.2, 0) is 6.54 Å². The van der Waals surface area contributed by atoms with Crippen LogP contribution < -0.4 is 5.32 Å². The summed E-state index contributed by atoms with van der Waals surface area (Å²) in [6.45, 7) is 8.44. The zero-order valence-electron chi connectivity index (χ0n) is 11.1. The Hall–Kier alpha value is -0.340. The highest BCUT2D eigenvalue weighted by atomic mass is 32.1. The first-order chi connectivity index (χ1) is 8.09. The van der Waals surface area contributed by atoms with Crippen molar-refractivity contribution in [3.05, 3.63) is 22.4 Å². The third-order valence-corrected chi connectivity index (χ3v) is 6.23. The van der Waals surface area contributed by atoms with Gasteiger partial charge in [0.1, 0.15) is 0 Å². The molecule has 2 bridgehead atoms. The lowest BCUT2D eigenvalue weighted by Crippen LogP contribution is -2.59. The topological polar surface area (TPSA) is 12.0 Å². The third kappa shape index (κ3) is 1.86. The molecule has 2 heteroatoms. The van der Waals surface area contributed by atoms with Gasteiger partial charge in [0.15, 0.2) is 0 Å². The summed E-state index contributed by atoms with van der Waals surface area (Å²) >= 11 is 1.80. The van der Waals surface area contributed by atoms with E-state index in [0.717, 1.165) is 30.3 Å². The molecule has 3 saturated carbocycles. The molecule has 0 amide bonds. The van der Waals surface area contributed by atoms with Crippen molar-refractivity contribution in [1.82, 2.24) is 5.32 Å². The molecule has 3 aliphatic carbocycles. The predicted octanol–water partition coefficient (Wildman–Crippen LogP) is 3.91. The van der Waals surface area contributed by atoms with E-state index < -0.39 is 0 Å². The Morgan fingerprint density at radius 1 is 1.41 bits per heavy atom. The summed E-state index contributed by atoms with van der Waals surface area (Å²) in [4.78, 5) is 0. The number of hydrogen-bond donors (Lipinski definition) is 1. The molecule has 17 heavy (non-hydrogen) atoms. The first-order valence-electron chi connectivity index (χ1n) is 6.83. The van der Waals surface area contributed by atoms with E-state index in [-0.39, 0.29) is 0 Å². The lowest BCUT2D eigenvalue weighted by molar-refractivity contribution is -0.115. The van der Waals surface area contributed by atoms with Crippen LogP contribution in [-0.4, -0.2) is 6.04 Å². The molecule has 0 spiro atoms. The molecule has 1 aromatic rings. The van der Waals surface area contributed by atoms with E-state index in [1.54, 1.807) is 11.3 Å². The zero-order chi connectivity index (χ0) is 12.0. The van der Waals surface area contributed by atoms with Gasteiger partial charge in [-0.05, 0) is 58.4 Å². The zero-order valence-corrected chi connectivity index (χ0v) is 11.9. The first kappa shape index (κ1) is 11.7. The molecule has 0 aliphatic heterocycles. The van der Waals surface area contributed by atoms with E-state index in [2.05, 4.69) is 42.9 Å². The molecule has 3 aliphatic rings. The largest absolute Gasteiger partial charge is 0.310 e. The summed E-state index contributed by atoms with van der Waals surface area (Å²) in [5, 5.41) is 8.20. The van der Waals surface area contributed by atoms with Crippen molar-refractivity contribution < 1.29 is 0 Å². The van der Waals surface area contributed by atoms with Crippen LogP contribution in [0, 0.1) is 23.2 Å². The fourth-order valence-electron chi connectivity index (χ4n) is 4.06. The van der Waals surface area contributed by atoms with E-state index in [0.29, 0.717) is 5.41 Å². The first-order valence-corrected chi connectivity index (χ1v) is 7.78. The van der Waals surface area contributed by atoms with Gasteiger partial charge in [0.05, 0.1) is 0 Å². The van der Waals surface area contributed by atoms with Gasteiger partial charge in [-0.1, -0.05) is 20.8 Å². The van der Waals surface area contributed by atoms with Gasteiger partial charge >= 0.3 is 0 Å². The van der Waals surface area contributed by atoms with Crippen LogP contribution in [0.4, 0.5) is 0 Å². The van der Waals surface area contributed by atoms with E-state index in [4.69, 9.17) is 0 Å². The Kier molecular flexibility index (Phi) is 2.83. The third-order valence-electron chi connectivity index (χ3n) is 5.50. The Balaban J connectivity index is 1.60. The summed E-state index contributed by atoms with van der Waals surface area (Å²) in [5.41, 5.74) is 2.06. The van der Waals surface area contributed by atoms with Crippen LogP contribution >= 0.6 is 11.3 Å². The Morgan fingerprint density at radius 2 is 2.24 bits per heavy atom. The fraction of sp³-hybridized carbons (Fsp3) is 0.733. The summed E-state index contributed by atoms with van der Waals surface area (Å²) in [5.74, 6) is 2.75. The number of rotatable bonds is 3. The fourth-order valence-corrected chi connectivity index (χ4v) is 4.73. The van der Waals surface area contributed by atoms with E-state index in [9.17, 15) is 0 Å². The molecule has 1 aromatic heterocycles. The second kappa shape index (κ2) is 4.10. The molecule has 1 nitrogen and oxygen atoms in total. The lowest BCUT2D eigenvalue weighted by Gasteiger charge is -2.62. The molecular formula is C15H23NS. The highest BCUT2D eigenvalue weighted by Gasteiger charge is 2.55. The van der Waals surface area contributed by atoms with Crippen LogP contribution in [0.3, 0.4) is 0 Å². The smallest absolute Gasteiger partial charge is 0.0216 e. The molecule has 4 atom stereocenters. The monoisotopic (exact) mass is 249 g/mol. The van der Waals surface area contributed by atoms with Crippen LogP contribution in [0.1, 0.15) is 39.2 Å². The van der Waals surface area contributed by atoms with Crippen molar-refractivity contribution in [2.24, 2.45) is 23.2 Å². The molecule has 0 aromatic carbocycles. The second-order valence-corrected chi connectivity index (χ2v) is 7.35. The molecule has 1 N–H and O–H groups in total. The number of thiophene rings is 1. The van der Waals surface area contributed by atoms with E-state index in [1.807, 2.05) is 0 Å². The summed E-state index contributed by atoms with van der Waals surface area (Å²) in [7, 11) is 0. The van der Waals surface area contributed by atoms with Gasteiger partial charge in [-0.25, -0.2) is 0 Å². The quantitative estimate of drug-likeness (QED) is 0.856. The minimum atomic E-state index is 0.611.